The van der Waals surface area contributed by atoms with Gasteiger partial charge in [0.25, 0.3) is 0 Å². The highest BCUT2D eigenvalue weighted by atomic mass is 16.4. The molecule has 4 rings (SSSR count). The van der Waals surface area contributed by atoms with E-state index in [0.29, 0.717) is 0 Å². The lowest BCUT2D eigenvalue weighted by atomic mass is 9.85. The molecule has 1 saturated heterocycles. The van der Waals surface area contributed by atoms with Crippen LogP contribution in [-0.4, -0.2) is 32.7 Å². The first-order valence-electron chi connectivity index (χ1n) is 6.82. The van der Waals surface area contributed by atoms with E-state index in [4.69, 9.17) is 0 Å². The van der Waals surface area contributed by atoms with Gasteiger partial charge in [-0.1, -0.05) is 12.2 Å². The second kappa shape index (κ2) is 3.81. The molecule has 3 aliphatic rings. The maximum absolute atomic E-state index is 12.6. The Bertz CT molecular complexity index is 690. The predicted molar refractivity (Wildman–Crippen MR) is 70.4 cm³/mol. The van der Waals surface area contributed by atoms with Gasteiger partial charge in [-0.3, -0.25) is 14.3 Å². The van der Waals surface area contributed by atoms with E-state index in [1.54, 1.807) is 0 Å². The minimum absolute atomic E-state index is 0.0614. The van der Waals surface area contributed by atoms with Crippen molar-refractivity contribution in [2.45, 2.75) is 6.42 Å². The zero-order valence-corrected chi connectivity index (χ0v) is 11.3. The number of imide groups is 1. The van der Waals surface area contributed by atoms with Crippen molar-refractivity contribution in [3.8, 4) is 0 Å². The first kappa shape index (κ1) is 12.3. The smallest absolute Gasteiger partial charge is 0.341 e. The number of carboxylic acid groups (broad SMARTS) is 1. The molecule has 0 aromatic carbocycles. The molecule has 1 aromatic heterocycles. The number of anilines is 1. The monoisotopic (exact) mass is 287 g/mol. The number of hydrogen-bond acceptors (Lipinski definition) is 4. The van der Waals surface area contributed by atoms with Crippen molar-refractivity contribution in [3.63, 3.8) is 0 Å². The van der Waals surface area contributed by atoms with Gasteiger partial charge in [0.05, 0.1) is 18.0 Å². The van der Waals surface area contributed by atoms with Crippen LogP contribution in [-0.2, 0) is 16.6 Å². The number of hydrogen-bond donors (Lipinski definition) is 1. The van der Waals surface area contributed by atoms with Crippen molar-refractivity contribution in [2.75, 3.05) is 4.90 Å². The number of allylic oxidation sites excluding steroid dienone is 2. The molecule has 2 fully saturated rings. The molecule has 2 aliphatic carbocycles. The summed E-state index contributed by atoms with van der Waals surface area (Å²) < 4.78 is 1.27. The summed E-state index contributed by atoms with van der Waals surface area (Å²) in [4.78, 5) is 37.6. The summed E-state index contributed by atoms with van der Waals surface area (Å²) in [5, 5.41) is 13.1. The fraction of sp³-hybridized carbons (Fsp3) is 0.429. The molecule has 1 aromatic rings. The van der Waals surface area contributed by atoms with E-state index in [9.17, 15) is 19.5 Å². The zero-order chi connectivity index (χ0) is 14.9. The van der Waals surface area contributed by atoms with Crippen LogP contribution in [0, 0.1) is 23.7 Å². The molecule has 0 radical (unpaired) electrons. The highest BCUT2D eigenvalue weighted by Gasteiger charge is 2.60. The Morgan fingerprint density at radius 2 is 1.81 bits per heavy atom. The van der Waals surface area contributed by atoms with Crippen molar-refractivity contribution in [1.29, 1.82) is 0 Å². The summed E-state index contributed by atoms with van der Waals surface area (Å²) in [5.74, 6) is -2.22. The Morgan fingerprint density at radius 1 is 1.24 bits per heavy atom. The number of carbonyl (C=O) groups excluding carboxylic acids is 2. The summed E-state index contributed by atoms with van der Waals surface area (Å²) in [6.07, 6.45) is 6.01. The molecular formula is C14H13N3O4. The molecule has 0 spiro atoms. The molecule has 2 heterocycles. The Morgan fingerprint density at radius 3 is 2.33 bits per heavy atom. The molecule has 7 nitrogen and oxygen atoms in total. The van der Waals surface area contributed by atoms with Gasteiger partial charge in [-0.25, -0.2) is 9.69 Å². The van der Waals surface area contributed by atoms with Crippen LogP contribution in [0.15, 0.2) is 18.3 Å². The molecule has 108 valence electrons. The van der Waals surface area contributed by atoms with Crippen LogP contribution in [0.4, 0.5) is 5.82 Å². The zero-order valence-electron chi connectivity index (χ0n) is 11.3. The number of carbonyl (C=O) groups is 3. The van der Waals surface area contributed by atoms with E-state index in [1.165, 1.54) is 17.9 Å². The lowest BCUT2D eigenvalue weighted by Crippen LogP contribution is -2.35. The van der Waals surface area contributed by atoms with Crippen LogP contribution in [0.25, 0.3) is 0 Å². The van der Waals surface area contributed by atoms with Crippen molar-refractivity contribution < 1.29 is 19.5 Å². The van der Waals surface area contributed by atoms with Crippen LogP contribution in [0.5, 0.6) is 0 Å². The number of aryl methyl sites for hydroxylation is 1. The SMILES string of the molecule is Cn1ncc(C(=O)O)c1N1C(=O)C2C3C=CC(C3)C2C1=O. The Balaban J connectivity index is 1.82. The second-order valence-corrected chi connectivity index (χ2v) is 5.82. The number of carboxylic acids is 1. The number of fused-ring (bicyclic) bond motifs is 5. The van der Waals surface area contributed by atoms with Gasteiger partial charge in [-0.05, 0) is 18.3 Å². The van der Waals surface area contributed by atoms with Crippen LogP contribution >= 0.6 is 0 Å². The largest absolute Gasteiger partial charge is 0.477 e. The molecule has 1 aliphatic heterocycles. The summed E-state index contributed by atoms with van der Waals surface area (Å²) in [5.41, 5.74) is -0.125. The minimum atomic E-state index is -1.20. The van der Waals surface area contributed by atoms with Gasteiger partial charge in [0.1, 0.15) is 5.56 Å². The molecular weight excluding hydrogens is 274 g/mol. The molecule has 1 saturated carbocycles. The summed E-state index contributed by atoms with van der Waals surface area (Å²) in [6.45, 7) is 0. The Hall–Kier alpha value is -2.44. The summed E-state index contributed by atoms with van der Waals surface area (Å²) in [6, 6.07) is 0. The third-order valence-corrected chi connectivity index (χ3v) is 4.82. The minimum Gasteiger partial charge on any atom is -0.477 e. The lowest BCUT2D eigenvalue weighted by Gasteiger charge is -2.17. The quantitative estimate of drug-likeness (QED) is 0.629. The van der Waals surface area contributed by atoms with Gasteiger partial charge >= 0.3 is 5.97 Å². The molecule has 2 bridgehead atoms. The van der Waals surface area contributed by atoms with E-state index in [1.807, 2.05) is 12.2 Å². The number of amides is 2. The number of aromatic carboxylic acids is 1. The van der Waals surface area contributed by atoms with E-state index in [-0.39, 0.29) is 46.9 Å². The molecule has 2 amide bonds. The van der Waals surface area contributed by atoms with Crippen LogP contribution in [0.1, 0.15) is 16.8 Å². The molecule has 1 N–H and O–H groups in total. The van der Waals surface area contributed by atoms with E-state index in [2.05, 4.69) is 5.10 Å². The van der Waals surface area contributed by atoms with Gasteiger partial charge in [0.2, 0.25) is 11.8 Å². The maximum atomic E-state index is 12.6. The normalized spacial score (nSPS) is 33.1. The van der Waals surface area contributed by atoms with E-state index < -0.39 is 5.97 Å². The van der Waals surface area contributed by atoms with Gasteiger partial charge < -0.3 is 5.11 Å². The Kier molecular flexibility index (Phi) is 2.23. The predicted octanol–water partition coefficient (Wildman–Crippen LogP) is 0.430. The number of nitrogens with zero attached hydrogens (tertiary/aromatic N) is 3. The highest BCUT2D eigenvalue weighted by Crippen LogP contribution is 2.53. The molecule has 21 heavy (non-hydrogen) atoms. The maximum Gasteiger partial charge on any atom is 0.341 e. The topological polar surface area (TPSA) is 92.5 Å². The fourth-order valence-corrected chi connectivity index (χ4v) is 3.96. The standard InChI is InChI=1S/C14H13N3O4/c1-16-11(8(5-15-16)14(20)21)17-12(18)9-6-2-3-7(4-6)10(9)13(17)19/h2-3,5-7,9-10H,4H2,1H3,(H,20,21). The number of aromatic nitrogens is 2. The first-order chi connectivity index (χ1) is 10.0. The van der Waals surface area contributed by atoms with Crippen LogP contribution < -0.4 is 4.90 Å². The van der Waals surface area contributed by atoms with Crippen molar-refractivity contribution in [2.24, 2.45) is 30.7 Å². The van der Waals surface area contributed by atoms with Crippen LogP contribution in [0.3, 0.4) is 0 Å². The van der Waals surface area contributed by atoms with Gasteiger partial charge in [0.15, 0.2) is 5.82 Å². The summed E-state index contributed by atoms with van der Waals surface area (Å²) in [7, 11) is 1.53. The van der Waals surface area contributed by atoms with Gasteiger partial charge in [-0.2, -0.15) is 5.10 Å². The third-order valence-electron chi connectivity index (χ3n) is 4.82. The molecule has 4 atom stereocenters. The molecule has 7 heteroatoms. The van der Waals surface area contributed by atoms with E-state index in [0.717, 1.165) is 11.3 Å². The Labute approximate surface area is 119 Å². The highest BCUT2D eigenvalue weighted by molar-refractivity contribution is 6.23. The van der Waals surface area contributed by atoms with Crippen molar-refractivity contribution in [1.82, 2.24) is 9.78 Å². The molecule has 4 unspecified atom stereocenters. The fourth-order valence-electron chi connectivity index (χ4n) is 3.96. The lowest BCUT2D eigenvalue weighted by molar-refractivity contribution is -0.123. The first-order valence-corrected chi connectivity index (χ1v) is 6.82. The van der Waals surface area contributed by atoms with E-state index >= 15 is 0 Å². The average molecular weight is 287 g/mol. The van der Waals surface area contributed by atoms with Gasteiger partial charge in [-0.15, -0.1) is 0 Å². The number of rotatable bonds is 2. The van der Waals surface area contributed by atoms with Crippen LogP contribution in [0.2, 0.25) is 0 Å². The average Bonchev–Trinajstić information content (AvgIpc) is 3.15. The van der Waals surface area contributed by atoms with Crippen molar-refractivity contribution >= 4 is 23.6 Å². The van der Waals surface area contributed by atoms with Gasteiger partial charge in [0, 0.05) is 7.05 Å². The second-order valence-electron chi connectivity index (χ2n) is 5.82. The van der Waals surface area contributed by atoms with Crippen molar-refractivity contribution in [3.05, 3.63) is 23.9 Å². The third kappa shape index (κ3) is 1.38. The summed E-state index contributed by atoms with van der Waals surface area (Å²) >= 11 is 0.